The quantitative estimate of drug-likeness (QED) is 0.758. The van der Waals surface area contributed by atoms with Gasteiger partial charge in [0.05, 0.1) is 12.0 Å². The van der Waals surface area contributed by atoms with Gasteiger partial charge < -0.3 is 10.6 Å². The molecule has 1 amide bonds. The number of nitrogens with zero attached hydrogens (tertiary/aromatic N) is 3. The maximum absolute atomic E-state index is 12.8. The third kappa shape index (κ3) is 3.79. The summed E-state index contributed by atoms with van der Waals surface area (Å²) < 4.78 is 0. The van der Waals surface area contributed by atoms with Gasteiger partial charge in [0.15, 0.2) is 5.82 Å². The number of hydrogen-bond donors (Lipinski definition) is 2. The molecular weight excluding hydrogens is 254 g/mol. The van der Waals surface area contributed by atoms with Crippen LogP contribution >= 0.6 is 0 Å². The van der Waals surface area contributed by atoms with Gasteiger partial charge in [0.2, 0.25) is 5.91 Å². The van der Waals surface area contributed by atoms with Gasteiger partial charge in [-0.3, -0.25) is 9.89 Å². The Kier molecular flexibility index (Phi) is 6.13. The van der Waals surface area contributed by atoms with Crippen molar-refractivity contribution in [2.45, 2.75) is 53.0 Å². The topological polar surface area (TPSA) is 87.9 Å². The Morgan fingerprint density at radius 3 is 2.35 bits per heavy atom. The fourth-order valence-electron chi connectivity index (χ4n) is 2.74. The molecule has 0 aliphatic heterocycles. The average molecular weight is 281 g/mol. The number of hydrogen-bond acceptors (Lipinski definition) is 4. The highest BCUT2D eigenvalue weighted by atomic mass is 16.2. The Balaban J connectivity index is 2.82. The Bertz CT molecular complexity index is 423. The van der Waals surface area contributed by atoms with Gasteiger partial charge in [-0.05, 0) is 19.8 Å². The zero-order chi connectivity index (χ0) is 15.2. The Morgan fingerprint density at radius 2 is 1.95 bits per heavy atom. The van der Waals surface area contributed by atoms with Gasteiger partial charge in [-0.1, -0.05) is 26.7 Å². The molecular formula is C14H27N5O. The van der Waals surface area contributed by atoms with Crippen LogP contribution in [-0.2, 0) is 11.3 Å². The predicted octanol–water partition coefficient (Wildman–Crippen LogP) is 1.62. The van der Waals surface area contributed by atoms with E-state index in [0.29, 0.717) is 18.9 Å². The lowest BCUT2D eigenvalue weighted by molar-refractivity contribution is -0.142. The highest BCUT2D eigenvalue weighted by molar-refractivity contribution is 5.82. The van der Waals surface area contributed by atoms with Gasteiger partial charge in [-0.25, -0.2) is 4.98 Å². The molecule has 0 saturated heterocycles. The van der Waals surface area contributed by atoms with Crippen LogP contribution in [0, 0.1) is 12.3 Å². The molecule has 1 aromatic rings. The molecule has 0 radical (unpaired) electrons. The largest absolute Gasteiger partial charge is 0.338 e. The molecule has 114 valence electrons. The molecule has 0 atom stereocenters. The molecule has 0 aromatic carbocycles. The molecule has 1 heterocycles. The standard InChI is InChI=1S/C14H27N5O/c1-5-7-14(10-15,8-6-2)13(20)19(4)9-12-16-11(3)17-18-12/h5-10,15H2,1-4H3,(H,16,17,18). The number of aryl methyl sites for hydroxylation is 1. The monoisotopic (exact) mass is 281 g/mol. The minimum atomic E-state index is -0.441. The second-order valence-electron chi connectivity index (χ2n) is 5.48. The molecule has 0 bridgehead atoms. The van der Waals surface area contributed by atoms with E-state index in [1.165, 1.54) is 0 Å². The molecule has 6 heteroatoms. The summed E-state index contributed by atoms with van der Waals surface area (Å²) in [4.78, 5) is 18.7. The number of aromatic nitrogens is 3. The molecule has 20 heavy (non-hydrogen) atoms. The lowest BCUT2D eigenvalue weighted by Crippen LogP contribution is -2.46. The molecule has 0 saturated carbocycles. The van der Waals surface area contributed by atoms with E-state index >= 15 is 0 Å². The first-order valence-electron chi connectivity index (χ1n) is 7.32. The van der Waals surface area contributed by atoms with Gasteiger partial charge in [-0.15, -0.1) is 0 Å². The van der Waals surface area contributed by atoms with E-state index in [1.54, 1.807) is 11.9 Å². The molecule has 0 aliphatic carbocycles. The van der Waals surface area contributed by atoms with E-state index in [0.717, 1.165) is 31.5 Å². The number of aromatic amines is 1. The minimum absolute atomic E-state index is 0.103. The van der Waals surface area contributed by atoms with Crippen LogP contribution in [-0.4, -0.2) is 39.6 Å². The second kappa shape index (κ2) is 7.38. The van der Waals surface area contributed by atoms with E-state index in [-0.39, 0.29) is 5.91 Å². The van der Waals surface area contributed by atoms with Crippen LogP contribution in [0.25, 0.3) is 0 Å². The number of rotatable bonds is 8. The van der Waals surface area contributed by atoms with Crippen LogP contribution in [0.15, 0.2) is 0 Å². The van der Waals surface area contributed by atoms with Crippen LogP contribution in [0.2, 0.25) is 0 Å². The van der Waals surface area contributed by atoms with Crippen molar-refractivity contribution in [1.29, 1.82) is 0 Å². The highest BCUT2D eigenvalue weighted by Gasteiger charge is 2.37. The van der Waals surface area contributed by atoms with Crippen molar-refractivity contribution < 1.29 is 4.79 Å². The summed E-state index contributed by atoms with van der Waals surface area (Å²) in [6.45, 7) is 6.83. The average Bonchev–Trinajstić information content (AvgIpc) is 2.82. The van der Waals surface area contributed by atoms with E-state index < -0.39 is 5.41 Å². The van der Waals surface area contributed by atoms with Crippen molar-refractivity contribution in [3.8, 4) is 0 Å². The van der Waals surface area contributed by atoms with Gasteiger partial charge in [-0.2, -0.15) is 5.10 Å². The van der Waals surface area contributed by atoms with Crippen molar-refractivity contribution >= 4 is 5.91 Å². The summed E-state index contributed by atoms with van der Waals surface area (Å²) in [6, 6.07) is 0. The summed E-state index contributed by atoms with van der Waals surface area (Å²) in [5, 5.41) is 6.87. The fraction of sp³-hybridized carbons (Fsp3) is 0.786. The van der Waals surface area contributed by atoms with Crippen molar-refractivity contribution in [1.82, 2.24) is 20.1 Å². The molecule has 0 fully saturated rings. The zero-order valence-corrected chi connectivity index (χ0v) is 13.1. The van der Waals surface area contributed by atoms with Crippen LogP contribution in [0.3, 0.4) is 0 Å². The number of amides is 1. The van der Waals surface area contributed by atoms with Crippen LogP contribution in [0.5, 0.6) is 0 Å². The molecule has 0 unspecified atom stereocenters. The Hall–Kier alpha value is -1.43. The first kappa shape index (κ1) is 16.6. The van der Waals surface area contributed by atoms with Gasteiger partial charge in [0.25, 0.3) is 0 Å². The first-order chi connectivity index (χ1) is 9.49. The highest BCUT2D eigenvalue weighted by Crippen LogP contribution is 2.31. The lowest BCUT2D eigenvalue weighted by Gasteiger charge is -2.34. The van der Waals surface area contributed by atoms with Crippen LogP contribution in [0.4, 0.5) is 0 Å². The number of H-pyrrole nitrogens is 1. The maximum atomic E-state index is 12.8. The molecule has 6 nitrogen and oxygen atoms in total. The first-order valence-corrected chi connectivity index (χ1v) is 7.32. The summed E-state index contributed by atoms with van der Waals surface area (Å²) in [6.07, 6.45) is 3.56. The molecule has 0 spiro atoms. The minimum Gasteiger partial charge on any atom is -0.338 e. The summed E-state index contributed by atoms with van der Waals surface area (Å²) in [7, 11) is 1.80. The summed E-state index contributed by atoms with van der Waals surface area (Å²) in [5.74, 6) is 1.50. The SMILES string of the molecule is CCCC(CN)(CCC)C(=O)N(C)Cc1n[nH]c(C)n1. The van der Waals surface area contributed by atoms with Crippen molar-refractivity contribution in [2.75, 3.05) is 13.6 Å². The number of nitrogens with one attached hydrogen (secondary N) is 1. The van der Waals surface area contributed by atoms with E-state index in [9.17, 15) is 4.79 Å². The van der Waals surface area contributed by atoms with E-state index in [1.807, 2.05) is 6.92 Å². The third-order valence-electron chi connectivity index (χ3n) is 3.67. The Morgan fingerprint density at radius 1 is 1.35 bits per heavy atom. The maximum Gasteiger partial charge on any atom is 0.230 e. The molecule has 1 rings (SSSR count). The second-order valence-corrected chi connectivity index (χ2v) is 5.48. The van der Waals surface area contributed by atoms with Crippen molar-refractivity contribution in [3.63, 3.8) is 0 Å². The lowest BCUT2D eigenvalue weighted by atomic mass is 9.78. The van der Waals surface area contributed by atoms with E-state index in [2.05, 4.69) is 29.0 Å². The molecule has 1 aromatic heterocycles. The summed E-state index contributed by atoms with van der Waals surface area (Å²) in [5.41, 5.74) is 5.49. The van der Waals surface area contributed by atoms with Gasteiger partial charge >= 0.3 is 0 Å². The summed E-state index contributed by atoms with van der Waals surface area (Å²) >= 11 is 0. The van der Waals surface area contributed by atoms with Gasteiger partial charge in [0.1, 0.15) is 5.82 Å². The van der Waals surface area contributed by atoms with Crippen molar-refractivity contribution in [2.24, 2.45) is 11.1 Å². The van der Waals surface area contributed by atoms with Gasteiger partial charge in [0, 0.05) is 13.6 Å². The number of carbonyl (C=O) groups excluding carboxylic acids is 1. The van der Waals surface area contributed by atoms with Crippen molar-refractivity contribution in [3.05, 3.63) is 11.6 Å². The zero-order valence-electron chi connectivity index (χ0n) is 13.1. The van der Waals surface area contributed by atoms with Crippen LogP contribution < -0.4 is 5.73 Å². The number of carbonyl (C=O) groups is 1. The third-order valence-corrected chi connectivity index (χ3v) is 3.67. The molecule has 0 aliphatic rings. The number of nitrogens with two attached hydrogens (primary N) is 1. The smallest absolute Gasteiger partial charge is 0.230 e. The normalized spacial score (nSPS) is 11.7. The predicted molar refractivity (Wildman–Crippen MR) is 78.9 cm³/mol. The Labute approximate surface area is 121 Å². The molecule has 3 N–H and O–H groups in total. The fourth-order valence-corrected chi connectivity index (χ4v) is 2.74. The van der Waals surface area contributed by atoms with E-state index in [4.69, 9.17) is 5.73 Å². The van der Waals surface area contributed by atoms with Crippen LogP contribution in [0.1, 0.15) is 51.2 Å².